The topological polar surface area (TPSA) is 141 Å². The third-order valence-electron chi connectivity index (χ3n) is 9.58. The number of nitrogens with two attached hydrogens (primary N) is 1. The molecule has 0 saturated carbocycles. The van der Waals surface area contributed by atoms with Gasteiger partial charge in [-0.15, -0.1) is 0 Å². The number of sulfone groups is 1. The van der Waals surface area contributed by atoms with Crippen LogP contribution in [0.15, 0.2) is 45.0 Å². The predicted molar refractivity (Wildman–Crippen MR) is 199 cm³/mol. The van der Waals surface area contributed by atoms with Crippen molar-refractivity contribution in [3.63, 3.8) is 0 Å². The van der Waals surface area contributed by atoms with Crippen molar-refractivity contribution >= 4 is 25.6 Å². The number of hydrogen-bond donors (Lipinski definition) is 2. The van der Waals surface area contributed by atoms with Crippen LogP contribution in [0.3, 0.4) is 0 Å². The fraction of sp³-hybridized carbons (Fsp3) is 0.692. The first-order valence-corrected chi connectivity index (χ1v) is 24.2. The zero-order chi connectivity index (χ0) is 37.0. The number of anilines is 1. The van der Waals surface area contributed by atoms with Crippen LogP contribution in [-0.4, -0.2) is 20.5 Å². The summed E-state index contributed by atoms with van der Waals surface area (Å²) >= 11 is -4.50. The molecule has 284 valence electrons. The van der Waals surface area contributed by atoms with Crippen molar-refractivity contribution in [3.8, 4) is 0 Å². The van der Waals surface area contributed by atoms with Gasteiger partial charge < -0.3 is 0 Å². The molecule has 0 heterocycles. The minimum Gasteiger partial charge on any atom is -0.0654 e. The third kappa shape index (κ3) is 15.3. The quantitative estimate of drug-likeness (QED) is 0.0495. The van der Waals surface area contributed by atoms with Crippen molar-refractivity contribution < 1.29 is 45.2 Å². The normalized spacial score (nSPS) is 12.2. The van der Waals surface area contributed by atoms with Crippen LogP contribution in [0.5, 0.6) is 0 Å². The van der Waals surface area contributed by atoms with Gasteiger partial charge in [-0.1, -0.05) is 58.8 Å². The van der Waals surface area contributed by atoms with Crippen molar-refractivity contribution in [3.05, 3.63) is 47.0 Å². The van der Waals surface area contributed by atoms with Crippen LogP contribution in [0, 0.1) is 0 Å². The summed E-state index contributed by atoms with van der Waals surface area (Å²) in [5.41, 5.74) is 7.61. The summed E-state index contributed by atoms with van der Waals surface area (Å²) in [4.78, 5) is 0.0699. The van der Waals surface area contributed by atoms with Gasteiger partial charge in [-0.3, -0.25) is 0 Å². The van der Waals surface area contributed by atoms with E-state index in [0.717, 1.165) is 38.5 Å². The molecule has 8 nitrogen and oxygen atoms in total. The molecule has 0 aliphatic carbocycles. The van der Waals surface area contributed by atoms with Gasteiger partial charge in [-0.2, -0.15) is 0 Å². The van der Waals surface area contributed by atoms with Gasteiger partial charge in [-0.05, 0) is 0 Å². The summed E-state index contributed by atoms with van der Waals surface area (Å²) < 4.78 is 82.3. The van der Waals surface area contributed by atoms with Gasteiger partial charge in [0.1, 0.15) is 0 Å². The molecular weight excluding hydrogens is 706 g/mol. The van der Waals surface area contributed by atoms with Crippen molar-refractivity contribution in [2.45, 2.75) is 190 Å². The Bertz CT molecular complexity index is 1510. The van der Waals surface area contributed by atoms with Crippen LogP contribution >= 0.6 is 0 Å². The summed E-state index contributed by atoms with van der Waals surface area (Å²) in [5.74, 6) is -0.350. The van der Waals surface area contributed by atoms with E-state index in [-0.39, 0.29) is 20.6 Å². The molecule has 0 radical (unpaired) electrons. The molecule has 0 aromatic heterocycles. The summed E-state index contributed by atoms with van der Waals surface area (Å²) in [6, 6.07) is 7.49. The molecule has 0 aliphatic heterocycles. The van der Waals surface area contributed by atoms with Gasteiger partial charge in [0.25, 0.3) is 0 Å². The van der Waals surface area contributed by atoms with E-state index in [4.69, 9.17) is 8.50 Å². The zero-order valence-electron chi connectivity index (χ0n) is 31.3. The Morgan fingerprint density at radius 1 is 0.660 bits per heavy atom. The van der Waals surface area contributed by atoms with Crippen molar-refractivity contribution in [2.24, 2.45) is 0 Å². The van der Waals surface area contributed by atoms with Gasteiger partial charge in [-0.25, -0.2) is 0 Å². The fourth-order valence-electron chi connectivity index (χ4n) is 6.74. The van der Waals surface area contributed by atoms with Gasteiger partial charge in [0.05, 0.1) is 0 Å². The van der Waals surface area contributed by atoms with Crippen LogP contribution in [0.1, 0.15) is 179 Å². The molecule has 0 bridgehead atoms. The SMILES string of the molecule is CCCCCCCCCCCCc1c(S(=O)(=O)[O][Ti](=[O])[OH])cc(C(C)C)c(S(=O)(=O)c2ccc(N)cc2)c1CCCCCCCCCCCC. The monoisotopic (exact) mass is 771 g/mol. The van der Waals surface area contributed by atoms with Crippen LogP contribution in [0.25, 0.3) is 0 Å². The van der Waals surface area contributed by atoms with Gasteiger partial charge in [0, 0.05) is 0 Å². The van der Waals surface area contributed by atoms with Crippen molar-refractivity contribution in [1.82, 2.24) is 0 Å². The molecule has 0 aliphatic rings. The van der Waals surface area contributed by atoms with Crippen LogP contribution in [0.2, 0.25) is 0 Å². The first-order valence-electron chi connectivity index (χ1n) is 19.3. The zero-order valence-corrected chi connectivity index (χ0v) is 34.5. The maximum absolute atomic E-state index is 14.5. The molecule has 0 atom stereocenters. The standard InChI is InChI=1S/C39H65NO5S2.H2O.O.Ti/c1-5-7-9-11-13-15-17-19-21-23-25-35-36(26-24-22-20-18-16-14-12-10-8-6-2)39(37(32(3)4)31-38(35)47(43,44)45)46(41,42)34-29-27-33(40)28-30-34;;;/h27-32H,5-26,40H2,1-4H3,(H,43,44,45);1H2;;/q;;;+2/p-2. The maximum atomic E-state index is 14.5. The van der Waals surface area contributed by atoms with E-state index in [2.05, 4.69) is 13.8 Å². The Morgan fingerprint density at radius 3 is 1.46 bits per heavy atom. The second-order valence-corrected chi connectivity index (χ2v) is 19.2. The molecule has 0 amide bonds. The number of benzene rings is 2. The van der Waals surface area contributed by atoms with E-state index in [1.165, 1.54) is 95.2 Å². The Morgan fingerprint density at radius 2 is 1.06 bits per heavy atom. The van der Waals surface area contributed by atoms with Gasteiger partial charge in [0.15, 0.2) is 0 Å². The predicted octanol–water partition coefficient (Wildman–Crippen LogP) is 10.6. The minimum absolute atomic E-state index is 0.0959. The van der Waals surface area contributed by atoms with Gasteiger partial charge >= 0.3 is 254 Å². The van der Waals surface area contributed by atoms with E-state index >= 15 is 0 Å². The van der Waals surface area contributed by atoms with Crippen LogP contribution < -0.4 is 5.73 Å². The summed E-state index contributed by atoms with van der Waals surface area (Å²) in [6.45, 7) is 8.09. The van der Waals surface area contributed by atoms with E-state index in [1.54, 1.807) is 12.1 Å². The third-order valence-corrected chi connectivity index (χ3v) is 14.4. The number of unbranched alkanes of at least 4 members (excludes halogenated alkanes) is 18. The Hall–Kier alpha value is -1.43. The van der Waals surface area contributed by atoms with Crippen LogP contribution in [0.4, 0.5) is 5.69 Å². The molecule has 11 heteroatoms. The van der Waals surface area contributed by atoms with Gasteiger partial charge in [0.2, 0.25) is 0 Å². The second-order valence-electron chi connectivity index (χ2n) is 14.1. The van der Waals surface area contributed by atoms with Crippen molar-refractivity contribution in [2.75, 3.05) is 5.73 Å². The summed E-state index contributed by atoms with van der Waals surface area (Å²) in [5, 5.41) is 0. The van der Waals surface area contributed by atoms with Crippen molar-refractivity contribution in [1.29, 1.82) is 0 Å². The molecular formula is C39H65NO7S2Ti. The molecule has 50 heavy (non-hydrogen) atoms. The molecule has 0 saturated heterocycles. The smallest absolute Gasteiger partial charge is 0.0654 e. The van der Waals surface area contributed by atoms with E-state index in [9.17, 15) is 23.8 Å². The molecule has 2 aromatic carbocycles. The van der Waals surface area contributed by atoms with E-state index < -0.39 is 38.6 Å². The number of hydrogen-bond acceptors (Lipinski definition) is 7. The Kier molecular flexibility index (Phi) is 21.5. The molecule has 0 unspecified atom stereocenters. The van der Waals surface area contributed by atoms with Crippen LogP contribution in [-0.2, 0) is 57.5 Å². The second kappa shape index (κ2) is 24.0. The first kappa shape index (κ1) is 44.7. The Balaban J connectivity index is 2.50. The fourth-order valence-corrected chi connectivity index (χ4v) is 11.0. The summed E-state index contributed by atoms with van der Waals surface area (Å²) in [7, 11) is -8.69. The summed E-state index contributed by atoms with van der Waals surface area (Å²) in [6.07, 6.45) is 22.9. The molecule has 2 rings (SSSR count). The number of nitrogen functional groups attached to an aromatic ring is 1. The minimum atomic E-state index is -4.62. The molecule has 3 N–H and O–H groups in total. The first-order chi connectivity index (χ1) is 23.9. The number of rotatable bonds is 28. The average molecular weight is 772 g/mol. The molecule has 0 fully saturated rings. The Labute approximate surface area is 311 Å². The average Bonchev–Trinajstić information content (AvgIpc) is 3.05. The van der Waals surface area contributed by atoms with E-state index in [0.29, 0.717) is 48.1 Å². The molecule has 2 aromatic rings. The van der Waals surface area contributed by atoms with E-state index in [1.807, 2.05) is 13.8 Å². The molecule has 0 spiro atoms.